The van der Waals surface area contributed by atoms with Gasteiger partial charge in [0.15, 0.2) is 0 Å². The molecule has 19 heavy (non-hydrogen) atoms. The van der Waals surface area contributed by atoms with E-state index in [2.05, 4.69) is 41.5 Å². The molecule has 1 heterocycles. The summed E-state index contributed by atoms with van der Waals surface area (Å²) < 4.78 is 0. The van der Waals surface area contributed by atoms with Crippen LogP contribution in [-0.2, 0) is 11.5 Å². The number of thioether (sulfide) groups is 1. The Morgan fingerprint density at radius 3 is 2.79 bits per heavy atom. The van der Waals surface area contributed by atoms with Gasteiger partial charge >= 0.3 is 0 Å². The minimum atomic E-state index is 0.732. The van der Waals surface area contributed by atoms with E-state index < -0.39 is 0 Å². The Morgan fingerprint density at radius 1 is 1.21 bits per heavy atom. The SMILES string of the molecule is CNc1ccc(Cl)c(CSCc2cccc(C)c2)n1. The quantitative estimate of drug-likeness (QED) is 0.877. The number of benzene rings is 1. The normalized spacial score (nSPS) is 10.5. The van der Waals surface area contributed by atoms with Crippen LogP contribution in [0.2, 0.25) is 5.02 Å². The van der Waals surface area contributed by atoms with Crippen LogP contribution in [0.5, 0.6) is 0 Å². The maximum atomic E-state index is 6.16. The molecule has 0 bridgehead atoms. The maximum Gasteiger partial charge on any atom is 0.126 e. The van der Waals surface area contributed by atoms with Crippen molar-refractivity contribution in [2.75, 3.05) is 12.4 Å². The summed E-state index contributed by atoms with van der Waals surface area (Å²) in [4.78, 5) is 4.48. The Morgan fingerprint density at radius 2 is 2.05 bits per heavy atom. The van der Waals surface area contributed by atoms with Crippen LogP contribution in [0.25, 0.3) is 0 Å². The van der Waals surface area contributed by atoms with E-state index in [1.807, 2.05) is 30.9 Å². The Kier molecular flexibility index (Phi) is 5.11. The van der Waals surface area contributed by atoms with E-state index in [9.17, 15) is 0 Å². The van der Waals surface area contributed by atoms with Gasteiger partial charge < -0.3 is 5.32 Å². The third-order valence-electron chi connectivity index (χ3n) is 2.76. The highest BCUT2D eigenvalue weighted by Gasteiger charge is 2.04. The highest BCUT2D eigenvalue weighted by atomic mass is 35.5. The van der Waals surface area contributed by atoms with Gasteiger partial charge in [0.2, 0.25) is 0 Å². The summed E-state index contributed by atoms with van der Waals surface area (Å²) in [6.07, 6.45) is 0. The second-order valence-electron chi connectivity index (χ2n) is 4.36. The molecule has 1 aromatic heterocycles. The largest absolute Gasteiger partial charge is 0.373 e. The third kappa shape index (κ3) is 4.15. The fourth-order valence-corrected chi connectivity index (χ4v) is 2.97. The van der Waals surface area contributed by atoms with Crippen molar-refractivity contribution < 1.29 is 0 Å². The fourth-order valence-electron chi connectivity index (χ4n) is 1.79. The van der Waals surface area contributed by atoms with Crippen LogP contribution in [0, 0.1) is 6.92 Å². The van der Waals surface area contributed by atoms with Crippen molar-refractivity contribution in [2.24, 2.45) is 0 Å². The molecule has 100 valence electrons. The van der Waals surface area contributed by atoms with E-state index in [4.69, 9.17) is 11.6 Å². The summed E-state index contributed by atoms with van der Waals surface area (Å²) in [5, 5.41) is 3.76. The predicted molar refractivity (Wildman–Crippen MR) is 85.0 cm³/mol. The van der Waals surface area contributed by atoms with Gasteiger partial charge in [0.25, 0.3) is 0 Å². The summed E-state index contributed by atoms with van der Waals surface area (Å²) in [6, 6.07) is 12.4. The van der Waals surface area contributed by atoms with Crippen LogP contribution in [0.1, 0.15) is 16.8 Å². The number of anilines is 1. The second-order valence-corrected chi connectivity index (χ2v) is 5.75. The van der Waals surface area contributed by atoms with Gasteiger partial charge in [-0.2, -0.15) is 11.8 Å². The molecule has 0 saturated heterocycles. The first-order valence-corrected chi connectivity index (χ1v) is 7.69. The monoisotopic (exact) mass is 292 g/mol. The number of nitrogens with one attached hydrogen (secondary N) is 1. The van der Waals surface area contributed by atoms with Crippen molar-refractivity contribution in [1.82, 2.24) is 4.98 Å². The van der Waals surface area contributed by atoms with Crippen molar-refractivity contribution in [3.8, 4) is 0 Å². The van der Waals surface area contributed by atoms with Crippen LogP contribution in [0.4, 0.5) is 5.82 Å². The summed E-state index contributed by atoms with van der Waals surface area (Å²) in [6.45, 7) is 2.11. The lowest BCUT2D eigenvalue weighted by molar-refractivity contribution is 1.16. The molecule has 1 N–H and O–H groups in total. The Balaban J connectivity index is 1.95. The van der Waals surface area contributed by atoms with E-state index in [1.54, 1.807) is 0 Å². The molecule has 2 nitrogen and oxygen atoms in total. The lowest BCUT2D eigenvalue weighted by Crippen LogP contribution is -1.96. The smallest absolute Gasteiger partial charge is 0.126 e. The number of rotatable bonds is 5. The maximum absolute atomic E-state index is 6.16. The molecule has 0 aliphatic carbocycles. The van der Waals surface area contributed by atoms with Crippen LogP contribution in [0.15, 0.2) is 36.4 Å². The number of nitrogens with zero attached hydrogens (tertiary/aromatic N) is 1. The first-order chi connectivity index (χ1) is 9.19. The average molecular weight is 293 g/mol. The Labute approximate surface area is 123 Å². The molecule has 0 unspecified atom stereocenters. The van der Waals surface area contributed by atoms with Gasteiger partial charge in [0.1, 0.15) is 5.82 Å². The molecule has 0 radical (unpaired) electrons. The first kappa shape index (κ1) is 14.2. The van der Waals surface area contributed by atoms with Crippen LogP contribution in [0.3, 0.4) is 0 Å². The second kappa shape index (κ2) is 6.83. The van der Waals surface area contributed by atoms with E-state index in [1.165, 1.54) is 11.1 Å². The number of pyridine rings is 1. The zero-order chi connectivity index (χ0) is 13.7. The van der Waals surface area contributed by atoms with E-state index in [0.717, 1.165) is 28.0 Å². The molecular formula is C15H17ClN2S. The van der Waals surface area contributed by atoms with Gasteiger partial charge in [-0.05, 0) is 24.6 Å². The van der Waals surface area contributed by atoms with Crippen molar-refractivity contribution >= 4 is 29.2 Å². The van der Waals surface area contributed by atoms with Crippen LogP contribution >= 0.6 is 23.4 Å². The number of aryl methyl sites for hydroxylation is 1. The van der Waals surface area contributed by atoms with Crippen molar-refractivity contribution in [1.29, 1.82) is 0 Å². The minimum Gasteiger partial charge on any atom is -0.373 e. The lowest BCUT2D eigenvalue weighted by atomic mass is 10.2. The molecule has 0 atom stereocenters. The molecular weight excluding hydrogens is 276 g/mol. The molecule has 0 amide bonds. The highest BCUT2D eigenvalue weighted by Crippen LogP contribution is 2.23. The molecule has 2 aromatic rings. The van der Waals surface area contributed by atoms with Gasteiger partial charge in [-0.3, -0.25) is 0 Å². The zero-order valence-electron chi connectivity index (χ0n) is 11.1. The Hall–Kier alpha value is -1.19. The van der Waals surface area contributed by atoms with Crippen molar-refractivity contribution in [3.05, 3.63) is 58.2 Å². The third-order valence-corrected chi connectivity index (χ3v) is 4.12. The van der Waals surface area contributed by atoms with Crippen molar-refractivity contribution in [3.63, 3.8) is 0 Å². The van der Waals surface area contributed by atoms with Gasteiger partial charge in [-0.1, -0.05) is 41.4 Å². The van der Waals surface area contributed by atoms with Gasteiger partial charge in [0.05, 0.1) is 10.7 Å². The number of hydrogen-bond donors (Lipinski definition) is 1. The highest BCUT2D eigenvalue weighted by molar-refractivity contribution is 7.97. The summed E-state index contributed by atoms with van der Waals surface area (Å²) in [7, 11) is 1.86. The minimum absolute atomic E-state index is 0.732. The molecule has 0 saturated carbocycles. The van der Waals surface area contributed by atoms with E-state index >= 15 is 0 Å². The molecule has 0 aliphatic heterocycles. The van der Waals surface area contributed by atoms with Crippen molar-refractivity contribution in [2.45, 2.75) is 18.4 Å². The summed E-state index contributed by atoms with van der Waals surface area (Å²) in [5.41, 5.74) is 3.57. The predicted octanol–water partition coefficient (Wildman–Crippen LogP) is 4.52. The van der Waals surface area contributed by atoms with E-state index in [0.29, 0.717) is 0 Å². The zero-order valence-corrected chi connectivity index (χ0v) is 12.7. The standard InChI is InChI=1S/C15H17ClN2S/c1-11-4-3-5-12(8-11)9-19-10-14-13(16)6-7-15(17-2)18-14/h3-8H,9-10H2,1-2H3,(H,17,18). The lowest BCUT2D eigenvalue weighted by Gasteiger charge is -2.07. The molecule has 2 rings (SSSR count). The van der Waals surface area contributed by atoms with Crippen LogP contribution < -0.4 is 5.32 Å². The molecule has 1 aromatic carbocycles. The fraction of sp³-hybridized carbons (Fsp3) is 0.267. The molecule has 0 fully saturated rings. The first-order valence-electron chi connectivity index (χ1n) is 6.15. The molecule has 0 aliphatic rings. The van der Waals surface area contributed by atoms with Gasteiger partial charge in [-0.25, -0.2) is 4.98 Å². The van der Waals surface area contributed by atoms with E-state index in [-0.39, 0.29) is 0 Å². The topological polar surface area (TPSA) is 24.9 Å². The summed E-state index contributed by atoms with van der Waals surface area (Å²) >= 11 is 7.98. The molecule has 4 heteroatoms. The van der Waals surface area contributed by atoms with Gasteiger partial charge in [0, 0.05) is 18.6 Å². The number of hydrogen-bond acceptors (Lipinski definition) is 3. The molecule has 0 spiro atoms. The Bertz CT molecular complexity index is 558. The number of aromatic nitrogens is 1. The average Bonchev–Trinajstić information content (AvgIpc) is 2.41. The van der Waals surface area contributed by atoms with Crippen LogP contribution in [-0.4, -0.2) is 12.0 Å². The van der Waals surface area contributed by atoms with Gasteiger partial charge in [-0.15, -0.1) is 0 Å². The number of halogens is 1. The summed E-state index contributed by atoms with van der Waals surface area (Å²) in [5.74, 6) is 2.65.